The summed E-state index contributed by atoms with van der Waals surface area (Å²) in [4.78, 5) is 28.2. The summed E-state index contributed by atoms with van der Waals surface area (Å²) in [6.07, 6.45) is 4.35. The summed E-state index contributed by atoms with van der Waals surface area (Å²) in [5.41, 5.74) is 0.851. The van der Waals surface area contributed by atoms with Gasteiger partial charge in [0.1, 0.15) is 0 Å². The van der Waals surface area contributed by atoms with E-state index in [4.69, 9.17) is 0 Å². The molecule has 0 bridgehead atoms. The number of carbonyl (C=O) groups excluding carboxylic acids is 1. The van der Waals surface area contributed by atoms with Crippen LogP contribution in [0.3, 0.4) is 0 Å². The molecule has 5 heteroatoms. The smallest absolute Gasteiger partial charge is 0.324 e. The number of benzene rings is 1. The zero-order valence-electron chi connectivity index (χ0n) is 14.5. The molecular weight excluding hydrogens is 304 g/mol. The lowest BCUT2D eigenvalue weighted by molar-refractivity contribution is -0.145. The molecule has 1 aliphatic carbocycles. The molecule has 2 amide bonds. The molecule has 0 radical (unpaired) electrons. The molecular formula is C19H26N2O3. The molecule has 24 heavy (non-hydrogen) atoms. The molecule has 1 heterocycles. The third-order valence-corrected chi connectivity index (χ3v) is 5.49. The van der Waals surface area contributed by atoms with Crippen molar-refractivity contribution in [1.29, 1.82) is 0 Å². The maximum Gasteiger partial charge on any atom is 0.324 e. The van der Waals surface area contributed by atoms with Gasteiger partial charge in [0, 0.05) is 24.8 Å². The van der Waals surface area contributed by atoms with Gasteiger partial charge in [0.15, 0.2) is 0 Å². The lowest BCUT2D eigenvalue weighted by atomic mass is 9.69. The lowest BCUT2D eigenvalue weighted by Gasteiger charge is -2.34. The van der Waals surface area contributed by atoms with Gasteiger partial charge in [-0.3, -0.25) is 9.69 Å². The zero-order valence-corrected chi connectivity index (χ0v) is 14.5. The zero-order chi connectivity index (χ0) is 17.3. The number of carboxylic acids is 1. The Kier molecular flexibility index (Phi) is 4.52. The predicted octanol–water partition coefficient (Wildman–Crippen LogP) is 3.62. The van der Waals surface area contributed by atoms with Crippen molar-refractivity contribution in [3.63, 3.8) is 0 Å². The van der Waals surface area contributed by atoms with Crippen LogP contribution in [0.2, 0.25) is 0 Å². The number of carbonyl (C=O) groups is 2. The summed E-state index contributed by atoms with van der Waals surface area (Å²) in [6.45, 7) is 5.39. The first kappa shape index (κ1) is 16.8. The maximum atomic E-state index is 12.6. The predicted molar refractivity (Wildman–Crippen MR) is 93.4 cm³/mol. The summed E-state index contributed by atoms with van der Waals surface area (Å²) >= 11 is 0. The third-order valence-electron chi connectivity index (χ3n) is 5.49. The van der Waals surface area contributed by atoms with E-state index in [1.54, 1.807) is 4.90 Å². The SMILES string of the molecule is CC(C)N1CCN(c2cccc(C3(C(=O)O)CCCCC3)c2)C1=O. The van der Waals surface area contributed by atoms with E-state index in [2.05, 4.69) is 0 Å². The van der Waals surface area contributed by atoms with E-state index in [0.717, 1.165) is 30.5 Å². The van der Waals surface area contributed by atoms with Crippen molar-refractivity contribution in [1.82, 2.24) is 4.90 Å². The van der Waals surface area contributed by atoms with Gasteiger partial charge in [-0.05, 0) is 44.4 Å². The number of aliphatic carboxylic acids is 1. The molecule has 2 aliphatic rings. The van der Waals surface area contributed by atoms with E-state index in [1.807, 2.05) is 43.0 Å². The number of carboxylic acid groups (broad SMARTS) is 1. The molecule has 1 saturated carbocycles. The van der Waals surface area contributed by atoms with Crippen LogP contribution in [0.1, 0.15) is 51.5 Å². The quantitative estimate of drug-likeness (QED) is 0.917. The van der Waals surface area contributed by atoms with Crippen LogP contribution in [0.5, 0.6) is 0 Å². The van der Waals surface area contributed by atoms with Crippen molar-refractivity contribution < 1.29 is 14.7 Å². The van der Waals surface area contributed by atoms with E-state index in [9.17, 15) is 14.7 Å². The van der Waals surface area contributed by atoms with Crippen LogP contribution >= 0.6 is 0 Å². The third kappa shape index (κ3) is 2.76. The monoisotopic (exact) mass is 330 g/mol. The number of rotatable bonds is 4. The number of hydrogen-bond donors (Lipinski definition) is 1. The fraction of sp³-hybridized carbons (Fsp3) is 0.579. The molecule has 1 aromatic rings. The Morgan fingerprint density at radius 2 is 1.88 bits per heavy atom. The first-order valence-electron chi connectivity index (χ1n) is 8.88. The van der Waals surface area contributed by atoms with Gasteiger partial charge in [0.2, 0.25) is 0 Å². The van der Waals surface area contributed by atoms with Crippen molar-refractivity contribution in [3.8, 4) is 0 Å². The van der Waals surface area contributed by atoms with Crippen LogP contribution < -0.4 is 4.90 Å². The highest BCUT2D eigenvalue weighted by molar-refractivity contribution is 5.94. The highest BCUT2D eigenvalue weighted by Gasteiger charge is 2.42. The fourth-order valence-corrected chi connectivity index (χ4v) is 4.03. The number of amides is 2. The van der Waals surface area contributed by atoms with Gasteiger partial charge >= 0.3 is 12.0 Å². The normalized spacial score (nSPS) is 20.7. The van der Waals surface area contributed by atoms with Crippen molar-refractivity contribution in [3.05, 3.63) is 29.8 Å². The topological polar surface area (TPSA) is 60.9 Å². The number of hydrogen-bond acceptors (Lipinski definition) is 2. The van der Waals surface area contributed by atoms with E-state index < -0.39 is 11.4 Å². The van der Waals surface area contributed by atoms with Gasteiger partial charge in [0.05, 0.1) is 5.41 Å². The first-order valence-corrected chi connectivity index (χ1v) is 8.88. The van der Waals surface area contributed by atoms with Gasteiger partial charge in [-0.25, -0.2) is 4.79 Å². The molecule has 1 aliphatic heterocycles. The summed E-state index contributed by atoms with van der Waals surface area (Å²) < 4.78 is 0. The molecule has 3 rings (SSSR count). The molecule has 1 aromatic carbocycles. The molecule has 2 fully saturated rings. The second-order valence-corrected chi connectivity index (χ2v) is 7.22. The second kappa shape index (κ2) is 6.46. The molecule has 1 N–H and O–H groups in total. The Labute approximate surface area is 143 Å². The largest absolute Gasteiger partial charge is 0.481 e. The average Bonchev–Trinajstić information content (AvgIpc) is 2.97. The molecule has 1 saturated heterocycles. The van der Waals surface area contributed by atoms with Crippen molar-refractivity contribution in [2.45, 2.75) is 57.4 Å². The summed E-state index contributed by atoms with van der Waals surface area (Å²) in [5.74, 6) is -0.740. The van der Waals surface area contributed by atoms with Crippen LogP contribution in [0.25, 0.3) is 0 Å². The summed E-state index contributed by atoms with van der Waals surface area (Å²) in [7, 11) is 0. The van der Waals surface area contributed by atoms with Gasteiger partial charge in [-0.1, -0.05) is 31.4 Å². The standard InChI is InChI=1S/C19H26N2O3/c1-14(2)20-11-12-21(18(20)24)16-8-6-7-15(13-16)19(17(22)23)9-4-3-5-10-19/h6-8,13-14H,3-5,9-12H2,1-2H3,(H,22,23). The Morgan fingerprint density at radius 3 is 2.46 bits per heavy atom. The Balaban J connectivity index is 1.92. The fourth-order valence-electron chi connectivity index (χ4n) is 4.03. The number of nitrogens with zero attached hydrogens (tertiary/aromatic N) is 2. The molecule has 5 nitrogen and oxygen atoms in total. The highest BCUT2D eigenvalue weighted by Crippen LogP contribution is 2.41. The maximum absolute atomic E-state index is 12.6. The minimum atomic E-state index is -0.797. The average molecular weight is 330 g/mol. The van der Waals surface area contributed by atoms with E-state index >= 15 is 0 Å². The van der Waals surface area contributed by atoms with Crippen LogP contribution in [0.4, 0.5) is 10.5 Å². The highest BCUT2D eigenvalue weighted by atomic mass is 16.4. The van der Waals surface area contributed by atoms with Gasteiger partial charge < -0.3 is 10.0 Å². The van der Waals surface area contributed by atoms with Crippen LogP contribution in [-0.4, -0.2) is 41.1 Å². The second-order valence-electron chi connectivity index (χ2n) is 7.22. The van der Waals surface area contributed by atoms with E-state index in [0.29, 0.717) is 25.9 Å². The Bertz CT molecular complexity index is 635. The molecule has 0 spiro atoms. The van der Waals surface area contributed by atoms with Crippen molar-refractivity contribution >= 4 is 17.7 Å². The summed E-state index contributed by atoms with van der Waals surface area (Å²) in [5, 5.41) is 9.88. The van der Waals surface area contributed by atoms with Gasteiger partial charge in [-0.15, -0.1) is 0 Å². The van der Waals surface area contributed by atoms with Crippen LogP contribution in [0, 0.1) is 0 Å². The Hall–Kier alpha value is -2.04. The number of anilines is 1. The minimum absolute atomic E-state index is 0.00942. The molecule has 0 aromatic heterocycles. The lowest BCUT2D eigenvalue weighted by Crippen LogP contribution is -2.38. The Morgan fingerprint density at radius 1 is 1.17 bits per heavy atom. The van der Waals surface area contributed by atoms with Gasteiger partial charge in [0.25, 0.3) is 0 Å². The van der Waals surface area contributed by atoms with E-state index in [-0.39, 0.29) is 12.1 Å². The minimum Gasteiger partial charge on any atom is -0.481 e. The molecule has 0 atom stereocenters. The van der Waals surface area contributed by atoms with Gasteiger partial charge in [-0.2, -0.15) is 0 Å². The molecule has 0 unspecified atom stereocenters. The van der Waals surface area contributed by atoms with Crippen molar-refractivity contribution in [2.75, 3.05) is 18.0 Å². The van der Waals surface area contributed by atoms with Crippen molar-refractivity contribution in [2.24, 2.45) is 0 Å². The summed E-state index contributed by atoms with van der Waals surface area (Å²) in [6, 6.07) is 7.80. The van der Waals surface area contributed by atoms with Crippen LogP contribution in [-0.2, 0) is 10.2 Å². The molecule has 130 valence electrons. The first-order chi connectivity index (χ1) is 11.5. The van der Waals surface area contributed by atoms with E-state index in [1.165, 1.54) is 0 Å². The number of urea groups is 1. The van der Waals surface area contributed by atoms with Crippen LogP contribution in [0.15, 0.2) is 24.3 Å².